The third-order valence-electron chi connectivity index (χ3n) is 1.66. The Morgan fingerprint density at radius 2 is 2.36 bits per heavy atom. The number of carbonyl (C=O) groups is 1. The van der Waals surface area contributed by atoms with Crippen LogP contribution in [0, 0.1) is 12.8 Å². The lowest BCUT2D eigenvalue weighted by atomic mass is 9.98. The Morgan fingerprint density at radius 3 is 2.82 bits per heavy atom. The fourth-order valence-corrected chi connectivity index (χ4v) is 1.74. The topological polar surface area (TPSA) is 26.3 Å². The maximum absolute atomic E-state index is 11.0. The van der Waals surface area contributed by atoms with Crippen LogP contribution >= 0.6 is 31.9 Å². The number of rotatable bonds is 1. The molecule has 1 fully saturated rings. The Kier molecular flexibility index (Phi) is 3.37. The lowest BCUT2D eigenvalue weighted by molar-refractivity contribution is -0.152. The standard InChI is InChI=1S/C7H9Br2O2/c1-4-2-5(3-8)11-7(10)6(4)9/h4-6H,1-3H2. The van der Waals surface area contributed by atoms with E-state index in [1.54, 1.807) is 0 Å². The van der Waals surface area contributed by atoms with Crippen molar-refractivity contribution in [3.8, 4) is 0 Å². The first-order valence-electron chi connectivity index (χ1n) is 3.38. The molecule has 1 saturated heterocycles. The second-order valence-corrected chi connectivity index (χ2v) is 4.24. The van der Waals surface area contributed by atoms with E-state index >= 15 is 0 Å². The number of esters is 1. The van der Waals surface area contributed by atoms with Gasteiger partial charge >= 0.3 is 5.97 Å². The van der Waals surface area contributed by atoms with Crippen LogP contribution in [0.2, 0.25) is 0 Å². The van der Waals surface area contributed by atoms with E-state index in [9.17, 15) is 4.79 Å². The molecule has 1 heterocycles. The van der Waals surface area contributed by atoms with Crippen molar-refractivity contribution in [2.75, 3.05) is 5.33 Å². The average Bonchev–Trinajstić information content (AvgIpc) is 1.99. The summed E-state index contributed by atoms with van der Waals surface area (Å²) in [5, 5.41) is 0.699. The summed E-state index contributed by atoms with van der Waals surface area (Å²) in [6.45, 7) is 3.86. The molecule has 11 heavy (non-hydrogen) atoms. The second kappa shape index (κ2) is 3.90. The molecule has 0 aliphatic carbocycles. The smallest absolute Gasteiger partial charge is 0.320 e. The fourth-order valence-electron chi connectivity index (χ4n) is 1.02. The van der Waals surface area contributed by atoms with Crippen LogP contribution in [-0.2, 0) is 9.53 Å². The van der Waals surface area contributed by atoms with E-state index in [1.807, 2.05) is 0 Å². The summed E-state index contributed by atoms with van der Waals surface area (Å²) in [7, 11) is 0. The summed E-state index contributed by atoms with van der Waals surface area (Å²) >= 11 is 6.49. The summed E-state index contributed by atoms with van der Waals surface area (Å²) in [6.07, 6.45) is 0.825. The van der Waals surface area contributed by atoms with Crippen molar-refractivity contribution in [2.45, 2.75) is 17.4 Å². The SMILES string of the molecule is [CH2]C1CC(CBr)OC(=O)C1Br. The average molecular weight is 285 g/mol. The van der Waals surface area contributed by atoms with Crippen LogP contribution < -0.4 is 0 Å². The van der Waals surface area contributed by atoms with Crippen LogP contribution in [0.4, 0.5) is 0 Å². The predicted octanol–water partition coefficient (Wildman–Crippen LogP) is 1.91. The highest BCUT2D eigenvalue weighted by Crippen LogP contribution is 2.26. The zero-order valence-electron chi connectivity index (χ0n) is 5.93. The Labute approximate surface area is 82.9 Å². The van der Waals surface area contributed by atoms with Crippen molar-refractivity contribution < 1.29 is 9.53 Å². The molecule has 3 atom stereocenters. The molecule has 0 aromatic rings. The molecule has 1 radical (unpaired) electrons. The van der Waals surface area contributed by atoms with Crippen LogP contribution in [0.5, 0.6) is 0 Å². The summed E-state index contributed by atoms with van der Waals surface area (Å²) in [6, 6.07) is 0. The maximum Gasteiger partial charge on any atom is 0.320 e. The van der Waals surface area contributed by atoms with Gasteiger partial charge in [0.05, 0.1) is 0 Å². The number of alkyl halides is 2. The van der Waals surface area contributed by atoms with Crippen LogP contribution in [0.1, 0.15) is 6.42 Å². The van der Waals surface area contributed by atoms with Crippen molar-refractivity contribution >= 4 is 37.8 Å². The molecule has 0 aromatic carbocycles. The largest absolute Gasteiger partial charge is 0.461 e. The van der Waals surface area contributed by atoms with Gasteiger partial charge < -0.3 is 4.74 Å². The van der Waals surface area contributed by atoms with Crippen molar-refractivity contribution in [3.63, 3.8) is 0 Å². The number of halogens is 2. The molecule has 1 rings (SSSR count). The number of cyclic esters (lactones) is 1. The van der Waals surface area contributed by atoms with E-state index in [0.717, 1.165) is 6.42 Å². The molecule has 1 aliphatic heterocycles. The highest BCUT2D eigenvalue weighted by Gasteiger charge is 2.33. The van der Waals surface area contributed by atoms with E-state index in [1.165, 1.54) is 0 Å². The molecule has 63 valence electrons. The molecule has 0 bridgehead atoms. The molecule has 0 N–H and O–H groups in total. The van der Waals surface area contributed by atoms with Gasteiger partial charge in [-0.05, 0) is 19.3 Å². The minimum absolute atomic E-state index is 0.00111. The highest BCUT2D eigenvalue weighted by atomic mass is 79.9. The first-order chi connectivity index (χ1) is 5.15. The zero-order chi connectivity index (χ0) is 8.43. The summed E-state index contributed by atoms with van der Waals surface area (Å²) < 4.78 is 5.05. The first-order valence-corrected chi connectivity index (χ1v) is 5.42. The lowest BCUT2D eigenvalue weighted by Crippen LogP contribution is -2.38. The zero-order valence-corrected chi connectivity index (χ0v) is 9.10. The minimum Gasteiger partial charge on any atom is -0.461 e. The molecule has 4 heteroatoms. The Morgan fingerprint density at radius 1 is 1.73 bits per heavy atom. The summed E-state index contributed by atoms with van der Waals surface area (Å²) in [5.41, 5.74) is 0. The number of hydrogen-bond donors (Lipinski definition) is 0. The third-order valence-corrected chi connectivity index (χ3v) is 3.50. The van der Waals surface area contributed by atoms with Crippen LogP contribution in [0.25, 0.3) is 0 Å². The van der Waals surface area contributed by atoms with Gasteiger partial charge in [-0.25, -0.2) is 0 Å². The van der Waals surface area contributed by atoms with Gasteiger partial charge in [0.2, 0.25) is 0 Å². The quantitative estimate of drug-likeness (QED) is 0.543. The maximum atomic E-state index is 11.0. The molecule has 2 nitrogen and oxygen atoms in total. The lowest BCUT2D eigenvalue weighted by Gasteiger charge is -2.28. The van der Waals surface area contributed by atoms with Crippen LogP contribution in [0.15, 0.2) is 0 Å². The van der Waals surface area contributed by atoms with E-state index in [-0.39, 0.29) is 22.8 Å². The third kappa shape index (κ3) is 2.18. The summed E-state index contributed by atoms with van der Waals surface area (Å²) in [4.78, 5) is 10.8. The van der Waals surface area contributed by atoms with E-state index in [4.69, 9.17) is 4.74 Å². The van der Waals surface area contributed by atoms with E-state index < -0.39 is 0 Å². The van der Waals surface area contributed by atoms with Gasteiger partial charge in [-0.1, -0.05) is 31.9 Å². The monoisotopic (exact) mass is 283 g/mol. The van der Waals surface area contributed by atoms with Gasteiger partial charge in [-0.3, -0.25) is 4.79 Å². The highest BCUT2D eigenvalue weighted by molar-refractivity contribution is 9.10. The Balaban J connectivity index is 2.54. The number of hydrogen-bond acceptors (Lipinski definition) is 2. The fraction of sp³-hybridized carbons (Fsp3) is 0.714. The molecular weight excluding hydrogens is 276 g/mol. The predicted molar refractivity (Wildman–Crippen MR) is 49.9 cm³/mol. The Hall–Kier alpha value is 0.430. The molecule has 0 aromatic heterocycles. The van der Waals surface area contributed by atoms with Crippen molar-refractivity contribution in [1.29, 1.82) is 0 Å². The van der Waals surface area contributed by atoms with Crippen LogP contribution in [-0.4, -0.2) is 22.2 Å². The van der Waals surface area contributed by atoms with Crippen molar-refractivity contribution in [2.24, 2.45) is 5.92 Å². The molecule has 0 saturated carbocycles. The van der Waals surface area contributed by atoms with Gasteiger partial charge in [0, 0.05) is 5.33 Å². The number of carbonyl (C=O) groups excluding carboxylic acids is 1. The van der Waals surface area contributed by atoms with Gasteiger partial charge in [0.1, 0.15) is 10.9 Å². The van der Waals surface area contributed by atoms with Gasteiger partial charge in [-0.15, -0.1) is 0 Å². The van der Waals surface area contributed by atoms with Gasteiger partial charge in [0.25, 0.3) is 0 Å². The van der Waals surface area contributed by atoms with E-state index in [0.29, 0.717) is 5.33 Å². The van der Waals surface area contributed by atoms with Gasteiger partial charge in [0.15, 0.2) is 0 Å². The summed E-state index contributed by atoms with van der Waals surface area (Å²) in [5.74, 6) is -0.0699. The van der Waals surface area contributed by atoms with Crippen molar-refractivity contribution in [3.05, 3.63) is 6.92 Å². The molecule has 1 aliphatic rings. The van der Waals surface area contributed by atoms with Crippen LogP contribution in [0.3, 0.4) is 0 Å². The van der Waals surface area contributed by atoms with Crippen molar-refractivity contribution in [1.82, 2.24) is 0 Å². The second-order valence-electron chi connectivity index (χ2n) is 2.61. The Bertz CT molecular complexity index is 161. The normalized spacial score (nSPS) is 38.5. The minimum atomic E-state index is -0.224. The number of ether oxygens (including phenoxy) is 1. The van der Waals surface area contributed by atoms with E-state index in [2.05, 4.69) is 38.8 Å². The first kappa shape index (κ1) is 9.52. The molecule has 0 spiro atoms. The molecule has 3 unspecified atom stereocenters. The van der Waals surface area contributed by atoms with Gasteiger partial charge in [-0.2, -0.15) is 0 Å². The molecule has 0 amide bonds. The molecular formula is C7H9Br2O2.